The number of anilines is 1. The highest BCUT2D eigenvalue weighted by Gasteiger charge is 2.13. The predicted octanol–water partition coefficient (Wildman–Crippen LogP) is 3.54. The molecule has 27 heavy (non-hydrogen) atoms. The maximum atomic E-state index is 13.6. The molecule has 0 spiro atoms. The van der Waals surface area contributed by atoms with Crippen molar-refractivity contribution < 1.29 is 18.4 Å². The highest BCUT2D eigenvalue weighted by molar-refractivity contribution is 6.05. The molecule has 5 nitrogen and oxygen atoms in total. The Kier molecular flexibility index (Phi) is 5.51. The molecule has 0 radical (unpaired) electrons. The van der Waals surface area contributed by atoms with Gasteiger partial charge in [0, 0.05) is 24.5 Å². The monoisotopic (exact) mass is 367 g/mol. The second-order valence-electron chi connectivity index (χ2n) is 5.67. The SMILES string of the molecule is O=C(NCc1ccccc1F)c1cncc(C(=O)Nc2ccccc2F)c1. The number of halogens is 2. The number of aromatic nitrogens is 1. The van der Waals surface area contributed by atoms with E-state index in [1.165, 1.54) is 42.7 Å². The van der Waals surface area contributed by atoms with Crippen molar-refractivity contribution in [1.29, 1.82) is 0 Å². The molecule has 0 saturated heterocycles. The average molecular weight is 367 g/mol. The molecular weight excluding hydrogens is 352 g/mol. The maximum absolute atomic E-state index is 13.6. The van der Waals surface area contributed by atoms with E-state index in [-0.39, 0.29) is 23.4 Å². The lowest BCUT2D eigenvalue weighted by Crippen LogP contribution is -2.24. The summed E-state index contributed by atoms with van der Waals surface area (Å²) >= 11 is 0. The van der Waals surface area contributed by atoms with Crippen LogP contribution >= 0.6 is 0 Å². The van der Waals surface area contributed by atoms with Gasteiger partial charge in [0.05, 0.1) is 16.8 Å². The summed E-state index contributed by atoms with van der Waals surface area (Å²) in [6.07, 6.45) is 2.56. The average Bonchev–Trinajstić information content (AvgIpc) is 2.69. The molecule has 0 bridgehead atoms. The normalized spacial score (nSPS) is 10.3. The number of benzene rings is 2. The zero-order chi connectivity index (χ0) is 19.2. The number of para-hydroxylation sites is 1. The minimum Gasteiger partial charge on any atom is -0.348 e. The minimum atomic E-state index is -0.601. The summed E-state index contributed by atoms with van der Waals surface area (Å²) in [5.41, 5.74) is 0.591. The summed E-state index contributed by atoms with van der Waals surface area (Å²) in [4.78, 5) is 28.4. The Morgan fingerprint density at radius 2 is 1.48 bits per heavy atom. The van der Waals surface area contributed by atoms with E-state index in [0.717, 1.165) is 0 Å². The van der Waals surface area contributed by atoms with Crippen LogP contribution in [0, 0.1) is 11.6 Å². The Balaban J connectivity index is 1.69. The molecule has 0 saturated carbocycles. The first kappa shape index (κ1) is 18.2. The van der Waals surface area contributed by atoms with Gasteiger partial charge in [0.2, 0.25) is 0 Å². The maximum Gasteiger partial charge on any atom is 0.257 e. The third-order valence-corrected chi connectivity index (χ3v) is 3.78. The van der Waals surface area contributed by atoms with Gasteiger partial charge in [-0.1, -0.05) is 30.3 Å². The van der Waals surface area contributed by atoms with Crippen LogP contribution in [0.1, 0.15) is 26.3 Å². The number of rotatable bonds is 5. The molecule has 0 atom stereocenters. The second kappa shape index (κ2) is 8.18. The number of hydrogen-bond acceptors (Lipinski definition) is 3. The predicted molar refractivity (Wildman–Crippen MR) is 96.2 cm³/mol. The van der Waals surface area contributed by atoms with Crippen molar-refractivity contribution in [3.05, 3.63) is 95.3 Å². The molecule has 0 aliphatic rings. The van der Waals surface area contributed by atoms with Gasteiger partial charge in [-0.15, -0.1) is 0 Å². The molecule has 0 aliphatic heterocycles. The van der Waals surface area contributed by atoms with E-state index in [0.29, 0.717) is 5.56 Å². The third-order valence-electron chi connectivity index (χ3n) is 3.78. The van der Waals surface area contributed by atoms with Gasteiger partial charge in [0.1, 0.15) is 11.6 Å². The lowest BCUT2D eigenvalue weighted by atomic mass is 10.1. The van der Waals surface area contributed by atoms with Crippen LogP contribution in [0.15, 0.2) is 67.0 Å². The summed E-state index contributed by atoms with van der Waals surface area (Å²) < 4.78 is 27.2. The van der Waals surface area contributed by atoms with E-state index in [1.54, 1.807) is 24.3 Å². The molecule has 1 heterocycles. The van der Waals surface area contributed by atoms with Gasteiger partial charge in [-0.2, -0.15) is 0 Å². The second-order valence-corrected chi connectivity index (χ2v) is 5.67. The molecule has 2 N–H and O–H groups in total. The van der Waals surface area contributed by atoms with Gasteiger partial charge < -0.3 is 10.6 Å². The van der Waals surface area contributed by atoms with Crippen LogP contribution in [-0.2, 0) is 6.54 Å². The van der Waals surface area contributed by atoms with Crippen molar-refractivity contribution in [3.8, 4) is 0 Å². The molecular formula is C20H15F2N3O2. The molecule has 0 aliphatic carbocycles. The standard InChI is InChI=1S/C20H15F2N3O2/c21-16-6-2-1-5-13(16)12-24-19(26)14-9-15(11-23-10-14)20(27)25-18-8-4-3-7-17(18)22/h1-11H,12H2,(H,24,26)(H,25,27). The molecule has 7 heteroatoms. The number of nitrogens with zero attached hydrogens (tertiary/aromatic N) is 1. The Bertz CT molecular complexity index is 992. The summed E-state index contributed by atoms with van der Waals surface area (Å²) in [7, 11) is 0. The lowest BCUT2D eigenvalue weighted by molar-refractivity contribution is 0.0950. The smallest absolute Gasteiger partial charge is 0.257 e. The molecule has 136 valence electrons. The first-order valence-electron chi connectivity index (χ1n) is 8.07. The number of carbonyl (C=O) groups excluding carboxylic acids is 2. The van der Waals surface area contributed by atoms with Crippen LogP contribution in [0.4, 0.5) is 14.5 Å². The Hall–Kier alpha value is -3.61. The molecule has 1 aromatic heterocycles. The van der Waals surface area contributed by atoms with Crippen LogP contribution in [0.3, 0.4) is 0 Å². The van der Waals surface area contributed by atoms with Gasteiger partial charge in [-0.25, -0.2) is 8.78 Å². The van der Waals surface area contributed by atoms with E-state index in [4.69, 9.17) is 0 Å². The molecule has 2 amide bonds. The summed E-state index contributed by atoms with van der Waals surface area (Å²) in [6, 6.07) is 13.2. The highest BCUT2D eigenvalue weighted by atomic mass is 19.1. The summed E-state index contributed by atoms with van der Waals surface area (Å²) in [6.45, 7) is -0.00282. The first-order valence-corrected chi connectivity index (χ1v) is 8.07. The van der Waals surface area contributed by atoms with Gasteiger partial charge in [0.25, 0.3) is 11.8 Å². The molecule has 0 fully saturated rings. The minimum absolute atomic E-state index is 0.00282. The number of pyridine rings is 1. The van der Waals surface area contributed by atoms with Gasteiger partial charge in [-0.3, -0.25) is 14.6 Å². The van der Waals surface area contributed by atoms with Crippen LogP contribution in [0.2, 0.25) is 0 Å². The zero-order valence-electron chi connectivity index (χ0n) is 14.1. The largest absolute Gasteiger partial charge is 0.348 e. The van der Waals surface area contributed by atoms with Gasteiger partial charge >= 0.3 is 0 Å². The Labute approximate surface area is 154 Å². The van der Waals surface area contributed by atoms with Crippen molar-refractivity contribution in [2.75, 3.05) is 5.32 Å². The summed E-state index contributed by atoms with van der Waals surface area (Å²) in [5, 5.41) is 4.99. The fourth-order valence-corrected chi connectivity index (χ4v) is 2.36. The fourth-order valence-electron chi connectivity index (χ4n) is 2.36. The fraction of sp³-hybridized carbons (Fsp3) is 0.0500. The molecule has 0 unspecified atom stereocenters. The van der Waals surface area contributed by atoms with Crippen molar-refractivity contribution in [3.63, 3.8) is 0 Å². The van der Waals surface area contributed by atoms with Gasteiger partial charge in [0.15, 0.2) is 0 Å². The van der Waals surface area contributed by atoms with Crippen LogP contribution < -0.4 is 10.6 Å². The first-order chi connectivity index (χ1) is 13.0. The van der Waals surface area contributed by atoms with Gasteiger partial charge in [-0.05, 0) is 24.3 Å². The Morgan fingerprint density at radius 3 is 2.19 bits per heavy atom. The van der Waals surface area contributed by atoms with Crippen LogP contribution in [0.25, 0.3) is 0 Å². The van der Waals surface area contributed by atoms with Crippen molar-refractivity contribution in [2.45, 2.75) is 6.54 Å². The van der Waals surface area contributed by atoms with Crippen LogP contribution in [0.5, 0.6) is 0 Å². The van der Waals surface area contributed by atoms with Crippen molar-refractivity contribution >= 4 is 17.5 Å². The lowest BCUT2D eigenvalue weighted by Gasteiger charge is -2.08. The number of hydrogen-bond donors (Lipinski definition) is 2. The Morgan fingerprint density at radius 1 is 0.852 bits per heavy atom. The van der Waals surface area contributed by atoms with Crippen molar-refractivity contribution in [2.24, 2.45) is 0 Å². The quantitative estimate of drug-likeness (QED) is 0.725. The third kappa shape index (κ3) is 4.52. The molecule has 3 rings (SSSR count). The van der Waals surface area contributed by atoms with E-state index in [2.05, 4.69) is 15.6 Å². The van der Waals surface area contributed by atoms with E-state index >= 15 is 0 Å². The molecule has 3 aromatic rings. The number of nitrogens with one attached hydrogen (secondary N) is 2. The molecule has 2 aromatic carbocycles. The van der Waals surface area contributed by atoms with E-state index in [1.807, 2.05) is 0 Å². The zero-order valence-corrected chi connectivity index (χ0v) is 14.1. The topological polar surface area (TPSA) is 71.1 Å². The number of amides is 2. The van der Waals surface area contributed by atoms with E-state index in [9.17, 15) is 18.4 Å². The summed E-state index contributed by atoms with van der Waals surface area (Å²) in [5.74, 6) is -2.10. The van der Waals surface area contributed by atoms with E-state index < -0.39 is 23.4 Å². The highest BCUT2D eigenvalue weighted by Crippen LogP contribution is 2.14. The van der Waals surface area contributed by atoms with Crippen molar-refractivity contribution in [1.82, 2.24) is 10.3 Å². The number of carbonyl (C=O) groups is 2. The van der Waals surface area contributed by atoms with Crippen LogP contribution in [-0.4, -0.2) is 16.8 Å².